The first-order valence-electron chi connectivity index (χ1n) is 11.0. The molecule has 0 radical (unpaired) electrons. The molecule has 174 valence electrons. The van der Waals surface area contributed by atoms with E-state index in [2.05, 4.69) is 22.1 Å². The van der Waals surface area contributed by atoms with Crippen LogP contribution in [-0.2, 0) is 9.53 Å². The lowest BCUT2D eigenvalue weighted by Crippen LogP contribution is -3.15. The third-order valence-corrected chi connectivity index (χ3v) is 6.13. The molecule has 1 aliphatic heterocycles. The van der Waals surface area contributed by atoms with Crippen molar-refractivity contribution in [2.75, 3.05) is 49.5 Å². The molecule has 1 fully saturated rings. The van der Waals surface area contributed by atoms with E-state index in [-0.39, 0.29) is 30.4 Å². The zero-order valence-electron chi connectivity index (χ0n) is 18.6. The highest BCUT2D eigenvalue weighted by Gasteiger charge is 2.26. The Morgan fingerprint density at radius 1 is 1.21 bits per heavy atom. The van der Waals surface area contributed by atoms with Crippen molar-refractivity contribution in [1.29, 1.82) is 0 Å². The normalized spacial score (nSPS) is 14.5. The summed E-state index contributed by atoms with van der Waals surface area (Å²) in [6.45, 7) is 7.37. The van der Waals surface area contributed by atoms with E-state index >= 15 is 0 Å². The summed E-state index contributed by atoms with van der Waals surface area (Å²) in [7, 11) is 0. The average Bonchev–Trinajstić information content (AvgIpc) is 3.13. The molecule has 1 aliphatic rings. The number of hydrogen-bond acceptors (Lipinski definition) is 4. The molecule has 0 saturated carbocycles. The number of piperazine rings is 1. The Balaban J connectivity index is 1.44. The summed E-state index contributed by atoms with van der Waals surface area (Å²) >= 11 is 6.16. The third-order valence-electron chi connectivity index (χ3n) is 5.90. The molecule has 0 atom stereocenters. The maximum Gasteiger partial charge on any atom is 0.356 e. The molecule has 1 aromatic heterocycles. The second-order valence-corrected chi connectivity index (χ2v) is 8.61. The van der Waals surface area contributed by atoms with Crippen LogP contribution < -0.4 is 15.1 Å². The van der Waals surface area contributed by atoms with Crippen LogP contribution in [0.15, 0.2) is 36.4 Å². The van der Waals surface area contributed by atoms with Crippen LogP contribution in [0.25, 0.3) is 10.9 Å². The fourth-order valence-electron chi connectivity index (χ4n) is 4.22. The number of aryl methyl sites for hydroxylation is 1. The summed E-state index contributed by atoms with van der Waals surface area (Å²) in [6.07, 6.45) is 0. The summed E-state index contributed by atoms with van der Waals surface area (Å²) in [5.74, 6) is -1.29. The standard InChI is InChI=1S/C24H26ClFN4O3/c1-3-33-24(32)23-22(18-13-17(26)6-7-19(18)27-23)28-21(31)14-29-8-10-30(11-9-29)20-12-16(25)5-4-15(20)2/h4-7,12-13,27H,3,8-11,14H2,1-2H3,(H,28,31)/p+1. The van der Waals surface area contributed by atoms with Gasteiger partial charge in [-0.15, -0.1) is 0 Å². The lowest BCUT2D eigenvalue weighted by atomic mass is 10.1. The molecule has 1 amide bonds. The maximum absolute atomic E-state index is 13.9. The molecular formula is C24H27ClFN4O3+. The molecule has 3 N–H and O–H groups in total. The molecule has 4 rings (SSSR count). The molecular weight excluding hydrogens is 447 g/mol. The van der Waals surface area contributed by atoms with E-state index in [1.54, 1.807) is 6.92 Å². The number of amides is 1. The minimum absolute atomic E-state index is 0.113. The van der Waals surface area contributed by atoms with Gasteiger partial charge in [-0.2, -0.15) is 0 Å². The number of halogens is 2. The number of benzene rings is 2. The summed E-state index contributed by atoms with van der Waals surface area (Å²) in [5, 5.41) is 3.96. The Hall–Kier alpha value is -3.10. The van der Waals surface area contributed by atoms with Crippen molar-refractivity contribution < 1.29 is 23.6 Å². The second kappa shape index (κ2) is 9.80. The highest BCUT2D eigenvalue weighted by atomic mass is 35.5. The van der Waals surface area contributed by atoms with Gasteiger partial charge in [0.25, 0.3) is 5.91 Å². The minimum atomic E-state index is -0.595. The molecule has 33 heavy (non-hydrogen) atoms. The highest BCUT2D eigenvalue weighted by molar-refractivity contribution is 6.30. The number of carbonyl (C=O) groups is 2. The molecule has 2 heterocycles. The van der Waals surface area contributed by atoms with Gasteiger partial charge in [0.1, 0.15) is 11.5 Å². The fraction of sp³-hybridized carbons (Fsp3) is 0.333. The monoisotopic (exact) mass is 473 g/mol. The molecule has 1 saturated heterocycles. The van der Waals surface area contributed by atoms with Crippen LogP contribution in [0.2, 0.25) is 5.02 Å². The van der Waals surface area contributed by atoms with E-state index in [4.69, 9.17) is 16.3 Å². The summed E-state index contributed by atoms with van der Waals surface area (Å²) < 4.78 is 19.0. The van der Waals surface area contributed by atoms with E-state index in [9.17, 15) is 14.0 Å². The SMILES string of the molecule is CCOC(=O)c1[nH]c2ccc(F)cc2c1NC(=O)C[NH+]1CCN(c2cc(Cl)ccc2C)CC1. The van der Waals surface area contributed by atoms with Gasteiger partial charge in [0.05, 0.1) is 38.5 Å². The minimum Gasteiger partial charge on any atom is -0.461 e. The number of H-pyrrole nitrogens is 1. The largest absolute Gasteiger partial charge is 0.461 e. The van der Waals surface area contributed by atoms with Crippen molar-refractivity contribution in [3.05, 3.63) is 58.5 Å². The van der Waals surface area contributed by atoms with E-state index < -0.39 is 11.8 Å². The number of ether oxygens (including phenoxy) is 1. The van der Waals surface area contributed by atoms with E-state index in [1.807, 2.05) is 18.2 Å². The Bertz CT molecular complexity index is 1190. The van der Waals surface area contributed by atoms with Crippen LogP contribution in [0, 0.1) is 12.7 Å². The van der Waals surface area contributed by atoms with Gasteiger partial charge in [0.15, 0.2) is 6.54 Å². The van der Waals surface area contributed by atoms with E-state index in [0.29, 0.717) is 15.9 Å². The smallest absolute Gasteiger partial charge is 0.356 e. The first kappa shape index (κ1) is 23.1. The molecule has 7 nitrogen and oxygen atoms in total. The van der Waals surface area contributed by atoms with Gasteiger partial charge < -0.3 is 24.8 Å². The first-order valence-corrected chi connectivity index (χ1v) is 11.4. The molecule has 0 aliphatic carbocycles. The number of esters is 1. The highest BCUT2D eigenvalue weighted by Crippen LogP contribution is 2.29. The van der Waals surface area contributed by atoms with Crippen molar-refractivity contribution in [3.63, 3.8) is 0 Å². The number of carbonyl (C=O) groups excluding carboxylic acids is 2. The summed E-state index contributed by atoms with van der Waals surface area (Å²) in [5.41, 5.74) is 3.19. The first-order chi connectivity index (χ1) is 15.9. The number of hydrogen-bond donors (Lipinski definition) is 3. The Morgan fingerprint density at radius 3 is 2.70 bits per heavy atom. The predicted octanol–water partition coefficient (Wildman–Crippen LogP) is 2.79. The van der Waals surface area contributed by atoms with Crippen LogP contribution in [-0.4, -0.2) is 56.2 Å². The van der Waals surface area contributed by atoms with Crippen LogP contribution >= 0.6 is 11.6 Å². The lowest BCUT2D eigenvalue weighted by molar-refractivity contribution is -0.892. The number of aromatic nitrogens is 1. The van der Waals surface area contributed by atoms with Crippen molar-refractivity contribution in [2.24, 2.45) is 0 Å². The van der Waals surface area contributed by atoms with Crippen molar-refractivity contribution >= 4 is 45.8 Å². The van der Waals surface area contributed by atoms with Crippen LogP contribution in [0.4, 0.5) is 15.8 Å². The number of anilines is 2. The third kappa shape index (κ3) is 5.12. The number of fused-ring (bicyclic) bond motifs is 1. The van der Waals surface area contributed by atoms with Gasteiger partial charge in [0.2, 0.25) is 0 Å². The zero-order valence-corrected chi connectivity index (χ0v) is 19.4. The van der Waals surface area contributed by atoms with Gasteiger partial charge >= 0.3 is 5.97 Å². The molecule has 3 aromatic rings. The topological polar surface area (TPSA) is 78.9 Å². The average molecular weight is 474 g/mol. The predicted molar refractivity (Wildman–Crippen MR) is 127 cm³/mol. The van der Waals surface area contributed by atoms with Crippen molar-refractivity contribution in [2.45, 2.75) is 13.8 Å². The molecule has 0 bridgehead atoms. The molecule has 9 heteroatoms. The zero-order chi connectivity index (χ0) is 23.5. The quantitative estimate of drug-likeness (QED) is 0.481. The van der Waals surface area contributed by atoms with Gasteiger partial charge in [-0.25, -0.2) is 9.18 Å². The van der Waals surface area contributed by atoms with Crippen LogP contribution in [0.1, 0.15) is 23.0 Å². The fourth-order valence-corrected chi connectivity index (χ4v) is 4.39. The number of rotatable bonds is 6. The van der Waals surface area contributed by atoms with E-state index in [1.165, 1.54) is 23.8 Å². The summed E-state index contributed by atoms with van der Waals surface area (Å²) in [6, 6.07) is 9.99. The van der Waals surface area contributed by atoms with Crippen molar-refractivity contribution in [1.82, 2.24) is 4.98 Å². The maximum atomic E-state index is 13.9. The molecule has 2 aromatic carbocycles. The molecule has 0 unspecified atom stereocenters. The lowest BCUT2D eigenvalue weighted by Gasteiger charge is -2.34. The van der Waals surface area contributed by atoms with Crippen LogP contribution in [0.3, 0.4) is 0 Å². The Labute approximate surface area is 196 Å². The Morgan fingerprint density at radius 2 is 1.97 bits per heavy atom. The van der Waals surface area contributed by atoms with E-state index in [0.717, 1.165) is 36.8 Å². The van der Waals surface area contributed by atoms with Crippen molar-refractivity contribution in [3.8, 4) is 0 Å². The van der Waals surface area contributed by atoms with Gasteiger partial charge in [-0.1, -0.05) is 17.7 Å². The van der Waals surface area contributed by atoms with Gasteiger partial charge in [-0.3, -0.25) is 4.79 Å². The number of quaternary nitrogens is 1. The van der Waals surface area contributed by atoms with Crippen LogP contribution in [0.5, 0.6) is 0 Å². The molecule has 0 spiro atoms. The van der Waals surface area contributed by atoms with Gasteiger partial charge in [-0.05, 0) is 49.7 Å². The van der Waals surface area contributed by atoms with Gasteiger partial charge in [0, 0.05) is 21.6 Å². The second-order valence-electron chi connectivity index (χ2n) is 8.18. The number of nitrogens with one attached hydrogen (secondary N) is 3. The number of aromatic amines is 1. The number of nitrogens with zero attached hydrogens (tertiary/aromatic N) is 1. The Kier molecular flexibility index (Phi) is 6.85. The summed E-state index contributed by atoms with van der Waals surface area (Å²) in [4.78, 5) is 31.6.